The van der Waals surface area contributed by atoms with Gasteiger partial charge in [-0.15, -0.1) is 11.3 Å². The molecule has 3 rings (SSSR count). The van der Waals surface area contributed by atoms with Gasteiger partial charge in [-0.05, 0) is 44.4 Å². The van der Waals surface area contributed by atoms with Crippen LogP contribution < -0.4 is 5.32 Å². The van der Waals surface area contributed by atoms with Gasteiger partial charge >= 0.3 is 6.18 Å². The molecule has 1 saturated heterocycles. The van der Waals surface area contributed by atoms with Crippen LogP contribution in [0.4, 0.5) is 13.2 Å². The van der Waals surface area contributed by atoms with Gasteiger partial charge < -0.3 is 10.1 Å². The van der Waals surface area contributed by atoms with Crippen LogP contribution in [0.1, 0.15) is 35.1 Å². The molecule has 0 bridgehead atoms. The van der Waals surface area contributed by atoms with E-state index in [4.69, 9.17) is 4.74 Å². The molecule has 0 aromatic carbocycles. The van der Waals surface area contributed by atoms with E-state index in [1.807, 2.05) is 0 Å². The van der Waals surface area contributed by atoms with Crippen molar-refractivity contribution < 1.29 is 17.9 Å². The van der Waals surface area contributed by atoms with Gasteiger partial charge in [-0.3, -0.25) is 0 Å². The Morgan fingerprint density at radius 2 is 2.26 bits per heavy atom. The molecule has 0 saturated carbocycles. The van der Waals surface area contributed by atoms with E-state index in [1.54, 1.807) is 0 Å². The highest BCUT2D eigenvalue weighted by molar-refractivity contribution is 7.12. The Labute approximate surface area is 114 Å². The SMILES string of the molecule is CC1CC2(CCN1)OCCc1cc(C(F)(F)F)sc12. The number of hydrogen-bond donors (Lipinski definition) is 1. The zero-order chi connectivity index (χ0) is 13.7. The molecule has 0 aliphatic carbocycles. The predicted octanol–water partition coefficient (Wildman–Crippen LogP) is 3.31. The van der Waals surface area contributed by atoms with Gasteiger partial charge in [0.1, 0.15) is 10.5 Å². The summed E-state index contributed by atoms with van der Waals surface area (Å²) >= 11 is 0.872. The van der Waals surface area contributed by atoms with Crippen molar-refractivity contribution in [3.8, 4) is 0 Å². The maximum atomic E-state index is 12.9. The van der Waals surface area contributed by atoms with Crippen molar-refractivity contribution in [1.29, 1.82) is 0 Å². The highest BCUT2D eigenvalue weighted by Crippen LogP contribution is 2.48. The minimum Gasteiger partial charge on any atom is -0.369 e. The molecular formula is C13H16F3NOS. The average Bonchev–Trinajstić information content (AvgIpc) is 2.74. The second-order valence-electron chi connectivity index (χ2n) is 5.36. The molecule has 2 nitrogen and oxygen atoms in total. The van der Waals surface area contributed by atoms with E-state index in [9.17, 15) is 13.2 Å². The monoisotopic (exact) mass is 291 g/mol. The Hall–Kier alpha value is -0.590. The van der Waals surface area contributed by atoms with Gasteiger partial charge in [-0.1, -0.05) is 0 Å². The van der Waals surface area contributed by atoms with Gasteiger partial charge in [-0.25, -0.2) is 0 Å². The van der Waals surface area contributed by atoms with Crippen molar-refractivity contribution in [2.75, 3.05) is 13.2 Å². The van der Waals surface area contributed by atoms with Gasteiger partial charge in [-0.2, -0.15) is 13.2 Å². The minimum atomic E-state index is -4.25. The fraction of sp³-hybridized carbons (Fsp3) is 0.692. The summed E-state index contributed by atoms with van der Waals surface area (Å²) in [6, 6.07) is 1.59. The van der Waals surface area contributed by atoms with Gasteiger partial charge in [0, 0.05) is 10.9 Å². The number of alkyl halides is 3. The topological polar surface area (TPSA) is 21.3 Å². The normalized spacial score (nSPS) is 31.5. The first-order valence-corrected chi connectivity index (χ1v) is 7.30. The molecule has 2 aliphatic heterocycles. The maximum absolute atomic E-state index is 12.9. The molecule has 2 aliphatic rings. The first kappa shape index (κ1) is 13.4. The Bertz CT molecular complexity index is 485. The molecule has 1 aromatic heterocycles. The molecule has 2 unspecified atom stereocenters. The minimum absolute atomic E-state index is 0.274. The molecular weight excluding hydrogens is 275 g/mol. The lowest BCUT2D eigenvalue weighted by Crippen LogP contribution is -2.48. The first-order valence-electron chi connectivity index (χ1n) is 6.48. The number of rotatable bonds is 0. The summed E-state index contributed by atoms with van der Waals surface area (Å²) in [5, 5.41) is 3.32. The van der Waals surface area contributed by atoms with Crippen LogP contribution in [-0.4, -0.2) is 19.2 Å². The Morgan fingerprint density at radius 3 is 2.95 bits per heavy atom. The molecule has 3 heterocycles. The summed E-state index contributed by atoms with van der Waals surface area (Å²) in [5.41, 5.74) is 0.338. The highest BCUT2D eigenvalue weighted by atomic mass is 32.1. The molecule has 6 heteroatoms. The van der Waals surface area contributed by atoms with Crippen LogP contribution in [0.2, 0.25) is 0 Å². The lowest BCUT2D eigenvalue weighted by Gasteiger charge is -2.42. The Kier molecular flexibility index (Phi) is 3.15. The highest BCUT2D eigenvalue weighted by Gasteiger charge is 2.45. The molecule has 106 valence electrons. The van der Waals surface area contributed by atoms with Crippen molar-refractivity contribution in [2.24, 2.45) is 0 Å². The average molecular weight is 291 g/mol. The van der Waals surface area contributed by atoms with Gasteiger partial charge in [0.2, 0.25) is 0 Å². The molecule has 2 atom stereocenters. The molecule has 0 radical (unpaired) electrons. The third-order valence-electron chi connectivity index (χ3n) is 3.91. The molecule has 0 amide bonds. The largest absolute Gasteiger partial charge is 0.425 e. The van der Waals surface area contributed by atoms with Crippen LogP contribution in [-0.2, 0) is 22.9 Å². The molecule has 1 fully saturated rings. The number of thiophene rings is 1. The molecule has 1 aromatic rings. The summed E-state index contributed by atoms with van der Waals surface area (Å²) in [6.07, 6.45) is -2.16. The summed E-state index contributed by atoms with van der Waals surface area (Å²) in [5.74, 6) is 0. The van der Waals surface area contributed by atoms with Crippen LogP contribution >= 0.6 is 11.3 Å². The van der Waals surface area contributed by atoms with Gasteiger partial charge in [0.25, 0.3) is 0 Å². The Morgan fingerprint density at radius 1 is 1.47 bits per heavy atom. The first-order chi connectivity index (χ1) is 8.91. The van der Waals surface area contributed by atoms with E-state index >= 15 is 0 Å². The lowest BCUT2D eigenvalue weighted by molar-refractivity contribution is -0.134. The maximum Gasteiger partial charge on any atom is 0.425 e. The van der Waals surface area contributed by atoms with E-state index in [-0.39, 0.29) is 6.04 Å². The summed E-state index contributed by atoms with van der Waals surface area (Å²) < 4.78 is 44.5. The number of nitrogens with one attached hydrogen (secondary N) is 1. The smallest absolute Gasteiger partial charge is 0.369 e. The van der Waals surface area contributed by atoms with Crippen molar-refractivity contribution in [1.82, 2.24) is 5.32 Å². The molecule has 1 N–H and O–H groups in total. The fourth-order valence-corrected chi connectivity index (χ4v) is 4.35. The van der Waals surface area contributed by atoms with Crippen LogP contribution in [0.25, 0.3) is 0 Å². The third kappa shape index (κ3) is 2.30. The summed E-state index contributed by atoms with van der Waals surface area (Å²) in [4.78, 5) is 0.313. The number of ether oxygens (including phenoxy) is 1. The van der Waals surface area contributed by atoms with E-state index in [2.05, 4.69) is 12.2 Å². The number of fused-ring (bicyclic) bond motifs is 2. The second-order valence-corrected chi connectivity index (χ2v) is 6.42. The molecule has 19 heavy (non-hydrogen) atoms. The predicted molar refractivity (Wildman–Crippen MR) is 67.4 cm³/mol. The summed E-state index contributed by atoms with van der Waals surface area (Å²) in [6.45, 7) is 3.37. The molecule has 1 spiro atoms. The van der Waals surface area contributed by atoms with Crippen molar-refractivity contribution in [3.05, 3.63) is 21.4 Å². The number of piperidine rings is 1. The second kappa shape index (κ2) is 4.46. The van der Waals surface area contributed by atoms with E-state index in [0.717, 1.165) is 41.2 Å². The standard InChI is InChI=1S/C13H16F3NOS/c1-8-7-12(3-4-17-8)11-9(2-5-18-12)6-10(19-11)13(14,15)16/h6,8,17H,2-5,7H2,1H3. The van der Waals surface area contributed by atoms with E-state index < -0.39 is 16.7 Å². The van der Waals surface area contributed by atoms with E-state index in [0.29, 0.717) is 13.0 Å². The third-order valence-corrected chi connectivity index (χ3v) is 5.32. The fourth-order valence-electron chi connectivity index (χ4n) is 3.09. The van der Waals surface area contributed by atoms with Crippen molar-refractivity contribution in [2.45, 2.75) is 44.0 Å². The number of halogens is 3. The van der Waals surface area contributed by atoms with Crippen LogP contribution in [0.15, 0.2) is 6.07 Å². The van der Waals surface area contributed by atoms with E-state index in [1.165, 1.54) is 6.07 Å². The van der Waals surface area contributed by atoms with Gasteiger partial charge in [0.05, 0.1) is 6.61 Å². The number of hydrogen-bond acceptors (Lipinski definition) is 3. The quantitative estimate of drug-likeness (QED) is 0.792. The Balaban J connectivity index is 2.02. The van der Waals surface area contributed by atoms with Gasteiger partial charge in [0.15, 0.2) is 0 Å². The van der Waals surface area contributed by atoms with Crippen molar-refractivity contribution >= 4 is 11.3 Å². The van der Waals surface area contributed by atoms with Crippen LogP contribution in [0, 0.1) is 0 Å². The van der Waals surface area contributed by atoms with Crippen molar-refractivity contribution in [3.63, 3.8) is 0 Å². The zero-order valence-corrected chi connectivity index (χ0v) is 11.5. The van der Waals surface area contributed by atoms with Crippen LogP contribution in [0.5, 0.6) is 0 Å². The summed E-state index contributed by atoms with van der Waals surface area (Å²) in [7, 11) is 0. The zero-order valence-electron chi connectivity index (χ0n) is 10.6. The lowest BCUT2D eigenvalue weighted by atomic mass is 9.83. The van der Waals surface area contributed by atoms with Crippen LogP contribution in [0.3, 0.4) is 0 Å².